The summed E-state index contributed by atoms with van der Waals surface area (Å²) in [6.07, 6.45) is -3.79. The molecule has 0 spiro atoms. The minimum atomic E-state index is -4.48. The van der Waals surface area contributed by atoms with Gasteiger partial charge in [-0.15, -0.1) is 10.1 Å². The minimum Gasteiger partial charge on any atom is -0.490 e. The third-order valence-electron chi connectivity index (χ3n) is 13.6. The first-order valence-electron chi connectivity index (χ1n) is 25.3. The van der Waals surface area contributed by atoms with Crippen molar-refractivity contribution in [3.8, 4) is 40.1 Å². The van der Waals surface area contributed by atoms with Crippen molar-refractivity contribution < 1.29 is 73.4 Å². The van der Waals surface area contributed by atoms with Gasteiger partial charge in [0.2, 0.25) is 11.8 Å². The van der Waals surface area contributed by atoms with E-state index in [4.69, 9.17) is 33.9 Å². The average Bonchev–Trinajstić information content (AvgIpc) is 3.47. The number of hydroxylamine groups is 4. The molecule has 4 fully saturated rings. The van der Waals surface area contributed by atoms with Gasteiger partial charge in [0.05, 0.1) is 11.1 Å². The first-order chi connectivity index (χ1) is 36.6. The van der Waals surface area contributed by atoms with E-state index in [1.54, 1.807) is 48.4 Å². The Labute approximate surface area is 455 Å². The number of halogens is 9. The zero-order chi connectivity index (χ0) is 54.9. The summed E-state index contributed by atoms with van der Waals surface area (Å²) in [6, 6.07) is 34.6. The number of hydrogen-bond acceptors (Lipinski definition) is 11. The molecule has 6 heterocycles. The predicted octanol–water partition coefficient (Wildman–Crippen LogP) is 13.6. The molecule has 4 aliphatic heterocycles. The summed E-state index contributed by atoms with van der Waals surface area (Å²) >= 11 is 0. The van der Waals surface area contributed by atoms with Crippen LogP contribution in [0.15, 0.2) is 134 Å². The number of aryl methyl sites for hydroxylation is 2. The molecule has 0 radical (unpaired) electrons. The van der Waals surface area contributed by atoms with E-state index < -0.39 is 43.4 Å². The van der Waals surface area contributed by atoms with Crippen LogP contribution in [0, 0.1) is 13.8 Å². The lowest BCUT2D eigenvalue weighted by atomic mass is 9.81. The summed E-state index contributed by atoms with van der Waals surface area (Å²) in [5.41, 5.74) is 3.02. The zero-order valence-electron chi connectivity index (χ0n) is 42.1. The molecule has 426 valence electrons. The van der Waals surface area contributed by atoms with Gasteiger partial charge < -0.3 is 33.9 Å². The van der Waals surface area contributed by atoms with E-state index in [0.29, 0.717) is 18.3 Å². The number of aromatic nitrogens is 2. The highest BCUT2D eigenvalue weighted by Gasteiger charge is 2.43. The molecule has 11 nitrogen and oxygen atoms in total. The fourth-order valence-corrected chi connectivity index (χ4v) is 10.0. The highest BCUT2D eigenvalue weighted by Crippen LogP contribution is 2.41. The zero-order valence-corrected chi connectivity index (χ0v) is 42.1. The summed E-state index contributed by atoms with van der Waals surface area (Å²) in [5.74, 6) is 1.42. The molecule has 4 aromatic carbocycles. The number of pyridine rings is 2. The van der Waals surface area contributed by atoms with Gasteiger partial charge in [0.15, 0.2) is 18.1 Å². The van der Waals surface area contributed by atoms with Gasteiger partial charge in [0.25, 0.3) is 0 Å². The molecule has 10 rings (SSSR count). The van der Waals surface area contributed by atoms with Crippen molar-refractivity contribution in [3.63, 3.8) is 0 Å². The normalized spacial score (nSPS) is 21.0. The second-order valence-electron chi connectivity index (χ2n) is 19.6. The molecule has 0 amide bonds. The monoisotopic (exact) mass is 1110 g/mol. The van der Waals surface area contributed by atoms with Crippen LogP contribution < -0.4 is 29.3 Å². The van der Waals surface area contributed by atoms with Crippen LogP contribution in [0.3, 0.4) is 0 Å². The van der Waals surface area contributed by atoms with E-state index in [9.17, 15) is 39.5 Å². The number of rotatable bonds is 12. The lowest BCUT2D eigenvalue weighted by molar-refractivity contribution is -0.186. The Morgan fingerprint density at radius 1 is 0.532 bits per heavy atom. The molecule has 4 saturated heterocycles. The van der Waals surface area contributed by atoms with Crippen LogP contribution in [-0.4, -0.2) is 86.4 Å². The quantitative estimate of drug-likeness (QED) is 0.0901. The second-order valence-corrected chi connectivity index (χ2v) is 19.6. The minimum absolute atomic E-state index is 0. The van der Waals surface area contributed by atoms with Crippen molar-refractivity contribution in [1.29, 1.82) is 0 Å². The van der Waals surface area contributed by atoms with Crippen molar-refractivity contribution >= 4 is 12.6 Å². The molecule has 2 N–H and O–H groups in total. The SMILES string of the molecule is C.C.Cc1ccc(OC2C[C@H]3CCC[C@@H](C2)N3Oc2ccc(C(F)(F)F)cn2)c(-c2ccccc2)c1.Cc1ccc(OC2C[C@H]3CCC[C@@H](C2)N3Oc2ccc(C(F)(F)F)cn2)c(OCC(F)(F)F)c1.OB(O)c1ccccc1. The van der Waals surface area contributed by atoms with Crippen molar-refractivity contribution in [2.75, 3.05) is 6.61 Å². The summed E-state index contributed by atoms with van der Waals surface area (Å²) in [6.45, 7) is 2.41. The van der Waals surface area contributed by atoms with E-state index >= 15 is 0 Å². The van der Waals surface area contributed by atoms with Gasteiger partial charge in [-0.25, -0.2) is 9.97 Å². The first kappa shape index (κ1) is 61.7. The molecule has 4 bridgehead atoms. The second kappa shape index (κ2) is 27.1. The molecule has 4 aliphatic rings. The Morgan fingerprint density at radius 3 is 1.37 bits per heavy atom. The number of nitrogens with zero attached hydrogens (tertiary/aromatic N) is 4. The number of benzene rings is 4. The lowest BCUT2D eigenvalue weighted by Gasteiger charge is -2.46. The largest absolute Gasteiger partial charge is 0.490 e. The Hall–Kier alpha value is -6.55. The van der Waals surface area contributed by atoms with E-state index in [-0.39, 0.29) is 74.5 Å². The standard InChI is InChI=1S/C27H27F3N2O2.C23H24F6N2O3.C6H7BO2.2CH4/c1-18-10-12-25(24(14-18)19-6-3-2-4-7-19)33-23-15-21-8-5-9-22(16-23)32(21)34-26-13-11-20(17-31-26)27(28,29)30;1-14-5-7-19(20(9-14)32-13-22(24,25)26)33-18-10-16-3-2-4-17(11-18)31(16)34-21-8-6-15(12-30-21)23(27,28)29;8-7(9)6-4-2-1-3-5-6;;/h2-4,6-7,10-14,17,21-23H,5,8-9,15-16H2,1H3;5-9,12,16-18H,2-4,10-11,13H2,1H3;1-5,8-9H;2*1H4/t21-,22+,23?;16-,17+,18?;;;. The third kappa shape index (κ3) is 17.2. The van der Waals surface area contributed by atoms with Gasteiger partial charge in [0.1, 0.15) is 18.0 Å². The first-order valence-corrected chi connectivity index (χ1v) is 25.3. The van der Waals surface area contributed by atoms with Gasteiger partial charge in [-0.2, -0.15) is 39.5 Å². The van der Waals surface area contributed by atoms with Crippen molar-refractivity contribution in [2.24, 2.45) is 0 Å². The van der Waals surface area contributed by atoms with E-state index in [2.05, 4.69) is 41.2 Å². The van der Waals surface area contributed by atoms with Crippen LogP contribution in [0.4, 0.5) is 39.5 Å². The highest BCUT2D eigenvalue weighted by molar-refractivity contribution is 6.58. The molecule has 79 heavy (non-hydrogen) atoms. The maximum Gasteiger partial charge on any atom is 0.488 e. The summed E-state index contributed by atoms with van der Waals surface area (Å²) in [5, 5.41) is 20.9. The number of piperidine rings is 4. The smallest absolute Gasteiger partial charge is 0.488 e. The maximum absolute atomic E-state index is 12.8. The predicted molar refractivity (Wildman–Crippen MR) is 283 cm³/mol. The third-order valence-corrected chi connectivity index (χ3v) is 13.6. The fourth-order valence-electron chi connectivity index (χ4n) is 10.0. The number of alkyl halides is 9. The van der Waals surface area contributed by atoms with Crippen molar-refractivity contribution in [3.05, 3.63) is 156 Å². The molecular formula is C58H66BF9N4O7. The lowest BCUT2D eigenvalue weighted by Crippen LogP contribution is -2.55. The van der Waals surface area contributed by atoms with Gasteiger partial charge >= 0.3 is 25.6 Å². The Kier molecular flexibility index (Phi) is 21.1. The molecule has 6 aromatic rings. The van der Waals surface area contributed by atoms with Gasteiger partial charge in [-0.05, 0) is 92.5 Å². The van der Waals surface area contributed by atoms with Crippen LogP contribution in [0.5, 0.6) is 29.0 Å². The maximum atomic E-state index is 12.8. The average molecular weight is 1110 g/mol. The fraction of sp³-hybridized carbons (Fsp3) is 0.414. The topological polar surface area (TPSA) is 119 Å². The number of ether oxygens (including phenoxy) is 3. The highest BCUT2D eigenvalue weighted by atomic mass is 19.4. The Bertz CT molecular complexity index is 2790. The van der Waals surface area contributed by atoms with Crippen LogP contribution >= 0.6 is 0 Å². The van der Waals surface area contributed by atoms with Gasteiger partial charge in [-0.1, -0.05) is 106 Å². The van der Waals surface area contributed by atoms with Gasteiger partial charge in [0, 0.05) is 79.9 Å². The van der Waals surface area contributed by atoms with Gasteiger partial charge in [-0.3, -0.25) is 0 Å². The van der Waals surface area contributed by atoms with E-state index in [1.807, 2.05) is 35.4 Å². The number of fused-ring (bicyclic) bond motifs is 4. The summed E-state index contributed by atoms with van der Waals surface area (Å²) in [4.78, 5) is 19.5. The van der Waals surface area contributed by atoms with E-state index in [0.717, 1.165) is 98.3 Å². The Balaban J connectivity index is 0.000000215. The van der Waals surface area contributed by atoms with Crippen LogP contribution in [0.2, 0.25) is 0 Å². The molecule has 6 atom stereocenters. The summed E-state index contributed by atoms with van der Waals surface area (Å²) < 4.78 is 132. The van der Waals surface area contributed by atoms with Crippen LogP contribution in [0.25, 0.3) is 11.1 Å². The Morgan fingerprint density at radius 2 is 0.962 bits per heavy atom. The molecule has 2 unspecified atom stereocenters. The molecule has 0 aliphatic carbocycles. The van der Waals surface area contributed by atoms with Crippen molar-refractivity contribution in [2.45, 2.75) is 148 Å². The molecule has 21 heteroatoms. The van der Waals surface area contributed by atoms with E-state index in [1.165, 1.54) is 23.8 Å². The molecule has 2 aromatic heterocycles. The summed E-state index contributed by atoms with van der Waals surface area (Å²) in [7, 11) is -1.34. The molecular weight excluding hydrogens is 1050 g/mol. The van der Waals surface area contributed by atoms with Crippen molar-refractivity contribution in [1.82, 2.24) is 20.1 Å². The molecule has 0 saturated carbocycles. The number of hydrogen-bond donors (Lipinski definition) is 2. The van der Waals surface area contributed by atoms with Crippen LogP contribution in [0.1, 0.15) is 101 Å². The van der Waals surface area contributed by atoms with Crippen LogP contribution in [-0.2, 0) is 12.4 Å².